The van der Waals surface area contributed by atoms with E-state index in [2.05, 4.69) is 0 Å². The minimum absolute atomic E-state index is 0.0739. The third kappa shape index (κ3) is 2.44. The number of anilines is 1. The molecule has 1 amide bonds. The number of benzene rings is 1. The molecule has 0 aliphatic carbocycles. The van der Waals surface area contributed by atoms with Crippen molar-refractivity contribution >= 4 is 11.6 Å². The first-order valence-electron chi connectivity index (χ1n) is 5.78. The number of amides is 1. The van der Waals surface area contributed by atoms with Crippen LogP contribution in [0.4, 0.5) is 10.1 Å². The van der Waals surface area contributed by atoms with Crippen molar-refractivity contribution < 1.29 is 13.9 Å². The van der Waals surface area contributed by atoms with Gasteiger partial charge < -0.3 is 21.1 Å². The first-order valence-corrected chi connectivity index (χ1v) is 5.78. The molecule has 6 heteroatoms. The monoisotopic (exact) mass is 253 g/mol. The molecule has 1 aromatic rings. The Hall–Kier alpha value is -1.66. The van der Waals surface area contributed by atoms with E-state index in [4.69, 9.17) is 16.2 Å². The predicted octanol–water partition coefficient (Wildman–Crippen LogP) is 0.0885. The third-order valence-electron chi connectivity index (χ3n) is 2.98. The van der Waals surface area contributed by atoms with Crippen LogP contribution in [0.1, 0.15) is 10.4 Å². The van der Waals surface area contributed by atoms with Crippen LogP contribution in [0.3, 0.4) is 0 Å². The molecule has 0 spiro atoms. The maximum atomic E-state index is 13.7. The summed E-state index contributed by atoms with van der Waals surface area (Å²) in [6, 6.07) is 4.47. The number of carbonyl (C=O) groups is 1. The Bertz CT molecular complexity index is 453. The highest BCUT2D eigenvalue weighted by Gasteiger charge is 2.24. The van der Waals surface area contributed by atoms with Crippen LogP contribution in [-0.2, 0) is 4.74 Å². The van der Waals surface area contributed by atoms with Crippen molar-refractivity contribution in [3.8, 4) is 0 Å². The molecule has 18 heavy (non-hydrogen) atoms. The quantitative estimate of drug-likeness (QED) is 0.799. The number of ether oxygens (including phenoxy) is 1. The van der Waals surface area contributed by atoms with Crippen LogP contribution in [0.15, 0.2) is 18.2 Å². The number of primary amides is 1. The molecule has 2 rings (SSSR count). The number of morpholine rings is 1. The Kier molecular flexibility index (Phi) is 3.78. The fourth-order valence-corrected chi connectivity index (χ4v) is 2.10. The molecule has 1 aliphatic heterocycles. The highest BCUT2D eigenvalue weighted by atomic mass is 19.1. The molecule has 1 fully saturated rings. The molecular weight excluding hydrogens is 237 g/mol. The van der Waals surface area contributed by atoms with E-state index in [9.17, 15) is 9.18 Å². The van der Waals surface area contributed by atoms with Crippen LogP contribution in [0.5, 0.6) is 0 Å². The summed E-state index contributed by atoms with van der Waals surface area (Å²) in [7, 11) is 0. The number of rotatable bonds is 3. The molecule has 1 heterocycles. The molecule has 4 N–H and O–H groups in total. The second-order valence-corrected chi connectivity index (χ2v) is 4.17. The van der Waals surface area contributed by atoms with Crippen molar-refractivity contribution in [3.63, 3.8) is 0 Å². The minimum Gasteiger partial charge on any atom is -0.373 e. The fraction of sp³-hybridized carbons (Fsp3) is 0.417. The number of carbonyl (C=O) groups excluding carboxylic acids is 1. The standard InChI is InChI=1S/C12H16FN3O2/c13-9-2-1-3-10(11(9)12(15)17)16-4-5-18-8(6-14)7-16/h1-3,8H,4-7,14H2,(H2,15,17). The summed E-state index contributed by atoms with van der Waals surface area (Å²) in [4.78, 5) is 13.2. The van der Waals surface area contributed by atoms with Gasteiger partial charge in [-0.15, -0.1) is 0 Å². The van der Waals surface area contributed by atoms with Crippen molar-refractivity contribution in [2.24, 2.45) is 11.5 Å². The lowest BCUT2D eigenvalue weighted by atomic mass is 10.1. The molecule has 0 radical (unpaired) electrons. The maximum Gasteiger partial charge on any atom is 0.253 e. The van der Waals surface area contributed by atoms with Gasteiger partial charge >= 0.3 is 0 Å². The molecule has 0 saturated carbocycles. The maximum absolute atomic E-state index is 13.7. The molecule has 1 aromatic carbocycles. The Morgan fingerprint density at radius 2 is 2.33 bits per heavy atom. The lowest BCUT2D eigenvalue weighted by molar-refractivity contribution is 0.0464. The first-order chi connectivity index (χ1) is 8.63. The van der Waals surface area contributed by atoms with Gasteiger partial charge in [-0.3, -0.25) is 4.79 Å². The predicted molar refractivity (Wildman–Crippen MR) is 65.9 cm³/mol. The highest BCUT2D eigenvalue weighted by Crippen LogP contribution is 2.24. The Morgan fingerprint density at radius 1 is 1.56 bits per heavy atom. The molecule has 1 atom stereocenters. The molecule has 1 unspecified atom stereocenters. The number of hydrogen-bond donors (Lipinski definition) is 2. The molecule has 5 nitrogen and oxygen atoms in total. The molecule has 0 aromatic heterocycles. The lowest BCUT2D eigenvalue weighted by Gasteiger charge is -2.34. The van der Waals surface area contributed by atoms with Crippen molar-refractivity contribution in [3.05, 3.63) is 29.6 Å². The van der Waals surface area contributed by atoms with Gasteiger partial charge in [0.1, 0.15) is 5.82 Å². The summed E-state index contributed by atoms with van der Waals surface area (Å²) in [5.74, 6) is -1.37. The topological polar surface area (TPSA) is 81.6 Å². The van der Waals surface area contributed by atoms with Gasteiger partial charge in [-0.25, -0.2) is 4.39 Å². The van der Waals surface area contributed by atoms with Crippen LogP contribution < -0.4 is 16.4 Å². The normalized spacial score (nSPS) is 19.9. The zero-order valence-electron chi connectivity index (χ0n) is 9.93. The van der Waals surface area contributed by atoms with E-state index >= 15 is 0 Å². The van der Waals surface area contributed by atoms with Crippen LogP contribution in [-0.4, -0.2) is 38.3 Å². The summed E-state index contributed by atoms with van der Waals surface area (Å²) in [6.07, 6.45) is -0.109. The Morgan fingerprint density at radius 3 is 3.00 bits per heavy atom. The molecule has 98 valence electrons. The van der Waals surface area contributed by atoms with E-state index in [1.807, 2.05) is 4.90 Å². The molecule has 1 aliphatic rings. The van der Waals surface area contributed by atoms with Crippen LogP contribution in [0, 0.1) is 5.82 Å². The summed E-state index contributed by atoms with van der Waals surface area (Å²) < 4.78 is 19.1. The van der Waals surface area contributed by atoms with Gasteiger partial charge in [-0.1, -0.05) is 6.07 Å². The molecular formula is C12H16FN3O2. The minimum atomic E-state index is -0.765. The van der Waals surface area contributed by atoms with E-state index in [-0.39, 0.29) is 11.7 Å². The van der Waals surface area contributed by atoms with Crippen molar-refractivity contribution in [1.82, 2.24) is 0 Å². The van der Waals surface area contributed by atoms with E-state index in [0.717, 1.165) is 0 Å². The number of halogens is 1. The summed E-state index contributed by atoms with van der Waals surface area (Å²) >= 11 is 0. The van der Waals surface area contributed by atoms with Gasteiger partial charge in [0.2, 0.25) is 0 Å². The highest BCUT2D eigenvalue weighted by molar-refractivity contribution is 5.99. The van der Waals surface area contributed by atoms with Crippen molar-refractivity contribution in [1.29, 1.82) is 0 Å². The van der Waals surface area contributed by atoms with Crippen LogP contribution in [0.2, 0.25) is 0 Å². The molecule has 0 bridgehead atoms. The number of nitrogens with zero attached hydrogens (tertiary/aromatic N) is 1. The summed E-state index contributed by atoms with van der Waals surface area (Å²) in [6.45, 7) is 1.99. The van der Waals surface area contributed by atoms with Crippen LogP contribution in [0.25, 0.3) is 0 Å². The van der Waals surface area contributed by atoms with Crippen molar-refractivity contribution in [2.45, 2.75) is 6.10 Å². The SMILES string of the molecule is NCC1CN(c2cccc(F)c2C(N)=O)CCO1. The summed E-state index contributed by atoms with van der Waals surface area (Å²) in [5, 5.41) is 0. The Balaban J connectivity index is 2.32. The first kappa shape index (κ1) is 12.8. The molecule has 1 saturated heterocycles. The van der Waals surface area contributed by atoms with E-state index in [0.29, 0.717) is 31.9 Å². The van der Waals surface area contributed by atoms with Gasteiger partial charge in [0.05, 0.1) is 24.0 Å². The smallest absolute Gasteiger partial charge is 0.253 e. The second-order valence-electron chi connectivity index (χ2n) is 4.17. The van der Waals surface area contributed by atoms with Crippen molar-refractivity contribution in [2.75, 3.05) is 31.1 Å². The van der Waals surface area contributed by atoms with Gasteiger partial charge in [0.25, 0.3) is 5.91 Å². The van der Waals surface area contributed by atoms with E-state index in [1.165, 1.54) is 6.07 Å². The largest absolute Gasteiger partial charge is 0.373 e. The number of hydrogen-bond acceptors (Lipinski definition) is 4. The van der Waals surface area contributed by atoms with Gasteiger partial charge in [0, 0.05) is 19.6 Å². The zero-order chi connectivity index (χ0) is 13.1. The van der Waals surface area contributed by atoms with Crippen LogP contribution >= 0.6 is 0 Å². The zero-order valence-corrected chi connectivity index (χ0v) is 9.93. The summed E-state index contributed by atoms with van der Waals surface area (Å²) in [5.41, 5.74) is 11.2. The fourth-order valence-electron chi connectivity index (χ4n) is 2.10. The van der Waals surface area contributed by atoms with Gasteiger partial charge in [-0.05, 0) is 12.1 Å². The van der Waals surface area contributed by atoms with E-state index < -0.39 is 11.7 Å². The second kappa shape index (κ2) is 5.32. The third-order valence-corrected chi connectivity index (χ3v) is 2.98. The lowest BCUT2D eigenvalue weighted by Crippen LogP contribution is -2.46. The van der Waals surface area contributed by atoms with Gasteiger partial charge in [0.15, 0.2) is 0 Å². The number of nitrogens with two attached hydrogens (primary N) is 2. The average molecular weight is 253 g/mol. The van der Waals surface area contributed by atoms with E-state index in [1.54, 1.807) is 12.1 Å². The average Bonchev–Trinajstić information content (AvgIpc) is 2.38. The Labute approximate surface area is 104 Å². The van der Waals surface area contributed by atoms with Gasteiger partial charge in [-0.2, -0.15) is 0 Å².